The van der Waals surface area contributed by atoms with Gasteiger partial charge < -0.3 is 10.1 Å². The lowest BCUT2D eigenvalue weighted by molar-refractivity contribution is 0.127. The van der Waals surface area contributed by atoms with Gasteiger partial charge in [-0.15, -0.1) is 11.3 Å². The molecule has 18 heavy (non-hydrogen) atoms. The number of fused-ring (bicyclic) bond motifs is 1. The van der Waals surface area contributed by atoms with Crippen LogP contribution in [0.1, 0.15) is 30.1 Å². The molecular weight excluding hydrogens is 246 g/mol. The molecule has 1 unspecified atom stereocenters. The second kappa shape index (κ2) is 5.82. The zero-order valence-corrected chi connectivity index (χ0v) is 12.3. The Balaban J connectivity index is 2.04. The molecule has 0 aliphatic heterocycles. The third kappa shape index (κ3) is 2.91. The van der Waals surface area contributed by atoms with Gasteiger partial charge in [0.15, 0.2) is 4.96 Å². The zero-order valence-electron chi connectivity index (χ0n) is 11.5. The van der Waals surface area contributed by atoms with Crippen molar-refractivity contribution in [3.05, 3.63) is 22.5 Å². The Morgan fingerprint density at radius 2 is 2.28 bits per heavy atom. The van der Waals surface area contributed by atoms with E-state index in [0.717, 1.165) is 30.4 Å². The van der Waals surface area contributed by atoms with E-state index in [1.54, 1.807) is 11.3 Å². The summed E-state index contributed by atoms with van der Waals surface area (Å²) in [7, 11) is 0. The second-order valence-electron chi connectivity index (χ2n) is 4.58. The lowest BCUT2D eigenvalue weighted by atomic mass is 10.3. The van der Waals surface area contributed by atoms with Gasteiger partial charge >= 0.3 is 0 Å². The molecule has 5 heteroatoms. The van der Waals surface area contributed by atoms with E-state index in [-0.39, 0.29) is 0 Å². The molecule has 2 rings (SSSR count). The Kier molecular flexibility index (Phi) is 4.37. The van der Waals surface area contributed by atoms with Crippen molar-refractivity contribution in [1.29, 1.82) is 0 Å². The van der Waals surface area contributed by atoms with E-state index in [9.17, 15) is 0 Å². The number of ether oxygens (including phenoxy) is 1. The third-order valence-corrected chi connectivity index (χ3v) is 3.83. The molecule has 2 aromatic rings. The topological polar surface area (TPSA) is 38.6 Å². The number of rotatable bonds is 6. The molecule has 0 saturated heterocycles. The van der Waals surface area contributed by atoms with Gasteiger partial charge in [-0.3, -0.25) is 4.40 Å². The molecule has 0 saturated carbocycles. The summed E-state index contributed by atoms with van der Waals surface area (Å²) >= 11 is 1.73. The van der Waals surface area contributed by atoms with Crippen LogP contribution in [-0.4, -0.2) is 28.6 Å². The van der Waals surface area contributed by atoms with Gasteiger partial charge in [-0.25, -0.2) is 4.98 Å². The number of thiazole rings is 1. The van der Waals surface area contributed by atoms with E-state index in [4.69, 9.17) is 4.74 Å². The number of hydrogen-bond acceptors (Lipinski definition) is 4. The number of nitrogens with zero attached hydrogens (tertiary/aromatic N) is 2. The molecule has 100 valence electrons. The van der Waals surface area contributed by atoms with Crippen LogP contribution in [0.4, 0.5) is 0 Å². The number of nitrogens with one attached hydrogen (secondary N) is 1. The largest absolute Gasteiger partial charge is 0.380 e. The summed E-state index contributed by atoms with van der Waals surface area (Å²) in [5, 5.41) is 3.48. The molecule has 0 aliphatic carbocycles. The predicted octanol–water partition coefficient (Wildman–Crippen LogP) is 2.53. The van der Waals surface area contributed by atoms with Crippen LogP contribution in [0.25, 0.3) is 4.96 Å². The van der Waals surface area contributed by atoms with Crippen molar-refractivity contribution in [3.8, 4) is 0 Å². The van der Waals surface area contributed by atoms with E-state index >= 15 is 0 Å². The van der Waals surface area contributed by atoms with Crippen LogP contribution in [0.3, 0.4) is 0 Å². The lowest BCUT2D eigenvalue weighted by Crippen LogP contribution is -2.30. The lowest BCUT2D eigenvalue weighted by Gasteiger charge is -2.13. The first-order valence-electron chi connectivity index (χ1n) is 6.37. The summed E-state index contributed by atoms with van der Waals surface area (Å²) in [6, 6.07) is 0.356. The fourth-order valence-electron chi connectivity index (χ4n) is 1.95. The summed E-state index contributed by atoms with van der Waals surface area (Å²) in [6.07, 6.45) is 2.16. The van der Waals surface area contributed by atoms with Crippen molar-refractivity contribution in [2.45, 2.75) is 40.3 Å². The average Bonchev–Trinajstić information content (AvgIpc) is 2.79. The maximum absolute atomic E-state index is 5.40. The summed E-state index contributed by atoms with van der Waals surface area (Å²) in [5.74, 6) is 0. The van der Waals surface area contributed by atoms with Gasteiger partial charge in [-0.1, -0.05) is 0 Å². The Morgan fingerprint density at radius 3 is 3.00 bits per heavy atom. The summed E-state index contributed by atoms with van der Waals surface area (Å²) in [4.78, 5) is 6.96. The summed E-state index contributed by atoms with van der Waals surface area (Å²) in [6.45, 7) is 10.7. The molecular formula is C13H21N3OS. The van der Waals surface area contributed by atoms with Crippen molar-refractivity contribution >= 4 is 16.3 Å². The minimum absolute atomic E-state index is 0.356. The van der Waals surface area contributed by atoms with E-state index in [2.05, 4.69) is 41.7 Å². The van der Waals surface area contributed by atoms with E-state index in [1.165, 1.54) is 10.6 Å². The molecule has 0 spiro atoms. The number of aryl methyl sites for hydroxylation is 2. The normalized spacial score (nSPS) is 13.3. The third-order valence-electron chi connectivity index (χ3n) is 2.93. The quantitative estimate of drug-likeness (QED) is 0.874. The SMILES string of the molecule is CCOCC(C)NCc1c(C)nc2sc(C)cn12. The first-order chi connectivity index (χ1) is 8.61. The van der Waals surface area contributed by atoms with Crippen molar-refractivity contribution < 1.29 is 4.74 Å². The van der Waals surface area contributed by atoms with Crippen molar-refractivity contribution in [1.82, 2.24) is 14.7 Å². The highest BCUT2D eigenvalue weighted by atomic mass is 32.1. The molecule has 2 aromatic heterocycles. The maximum Gasteiger partial charge on any atom is 0.194 e. The standard InChI is InChI=1S/C13H21N3OS/c1-5-17-8-9(2)14-6-12-11(4)15-13-16(12)7-10(3)18-13/h7,9,14H,5-6,8H2,1-4H3. The van der Waals surface area contributed by atoms with Gasteiger partial charge in [0.25, 0.3) is 0 Å². The Labute approximate surface area is 112 Å². The average molecular weight is 267 g/mol. The van der Waals surface area contributed by atoms with Crippen LogP contribution in [0, 0.1) is 13.8 Å². The van der Waals surface area contributed by atoms with Gasteiger partial charge in [0, 0.05) is 30.3 Å². The number of aromatic nitrogens is 2. The molecule has 0 amide bonds. The highest BCUT2D eigenvalue weighted by molar-refractivity contribution is 7.17. The molecule has 1 N–H and O–H groups in total. The molecule has 2 heterocycles. The monoisotopic (exact) mass is 267 g/mol. The minimum atomic E-state index is 0.356. The molecule has 0 bridgehead atoms. The molecule has 0 aliphatic rings. The second-order valence-corrected chi connectivity index (χ2v) is 5.79. The van der Waals surface area contributed by atoms with Crippen LogP contribution in [-0.2, 0) is 11.3 Å². The molecule has 0 fully saturated rings. The van der Waals surface area contributed by atoms with Crippen molar-refractivity contribution in [2.24, 2.45) is 0 Å². The smallest absolute Gasteiger partial charge is 0.194 e. The fraction of sp³-hybridized carbons (Fsp3) is 0.615. The fourth-order valence-corrected chi connectivity index (χ4v) is 2.84. The van der Waals surface area contributed by atoms with Gasteiger partial charge in [0.1, 0.15) is 0 Å². The Bertz CT molecular complexity index is 518. The number of hydrogen-bond donors (Lipinski definition) is 1. The number of imidazole rings is 1. The van der Waals surface area contributed by atoms with Crippen LogP contribution in [0.2, 0.25) is 0 Å². The Hall–Kier alpha value is -0.910. The van der Waals surface area contributed by atoms with E-state index in [0.29, 0.717) is 6.04 Å². The summed E-state index contributed by atoms with van der Waals surface area (Å²) < 4.78 is 7.59. The van der Waals surface area contributed by atoms with Crippen molar-refractivity contribution in [2.75, 3.05) is 13.2 Å². The van der Waals surface area contributed by atoms with Crippen LogP contribution < -0.4 is 5.32 Å². The van der Waals surface area contributed by atoms with Gasteiger partial charge in [0.2, 0.25) is 0 Å². The first-order valence-corrected chi connectivity index (χ1v) is 7.18. The van der Waals surface area contributed by atoms with Crippen LogP contribution in [0.5, 0.6) is 0 Å². The summed E-state index contributed by atoms with van der Waals surface area (Å²) in [5.41, 5.74) is 2.36. The van der Waals surface area contributed by atoms with Gasteiger partial charge in [-0.2, -0.15) is 0 Å². The zero-order chi connectivity index (χ0) is 13.1. The van der Waals surface area contributed by atoms with Gasteiger partial charge in [-0.05, 0) is 27.7 Å². The highest BCUT2D eigenvalue weighted by Crippen LogP contribution is 2.20. The molecule has 4 nitrogen and oxygen atoms in total. The van der Waals surface area contributed by atoms with Crippen LogP contribution >= 0.6 is 11.3 Å². The maximum atomic E-state index is 5.40. The predicted molar refractivity (Wildman–Crippen MR) is 75.3 cm³/mol. The Morgan fingerprint density at radius 1 is 1.50 bits per heavy atom. The van der Waals surface area contributed by atoms with E-state index in [1.807, 2.05) is 6.92 Å². The molecule has 0 radical (unpaired) electrons. The molecule has 1 atom stereocenters. The van der Waals surface area contributed by atoms with E-state index < -0.39 is 0 Å². The first kappa shape index (κ1) is 13.5. The van der Waals surface area contributed by atoms with Crippen molar-refractivity contribution in [3.63, 3.8) is 0 Å². The minimum Gasteiger partial charge on any atom is -0.380 e. The molecule has 0 aromatic carbocycles. The highest BCUT2D eigenvalue weighted by Gasteiger charge is 2.11. The van der Waals surface area contributed by atoms with Crippen LogP contribution in [0.15, 0.2) is 6.20 Å². The van der Waals surface area contributed by atoms with Gasteiger partial charge in [0.05, 0.1) is 18.0 Å².